The lowest BCUT2D eigenvalue weighted by Gasteiger charge is -2.24. The Kier molecular flexibility index (Phi) is 5.33. The Morgan fingerprint density at radius 3 is 2.76 bits per heavy atom. The van der Waals surface area contributed by atoms with Crippen LogP contribution < -0.4 is 5.32 Å². The van der Waals surface area contributed by atoms with Crippen LogP contribution in [0.4, 0.5) is 0 Å². The number of rotatable bonds is 5. The number of nitrogens with zero attached hydrogens (tertiary/aromatic N) is 2. The van der Waals surface area contributed by atoms with Gasteiger partial charge in [0.15, 0.2) is 0 Å². The fourth-order valence-electron chi connectivity index (χ4n) is 3.63. The molecule has 1 N–H and O–H groups in total. The van der Waals surface area contributed by atoms with Crippen LogP contribution >= 0.6 is 15.9 Å². The summed E-state index contributed by atoms with van der Waals surface area (Å²) in [6.07, 6.45) is 4.14. The van der Waals surface area contributed by atoms with Crippen molar-refractivity contribution in [2.75, 3.05) is 33.2 Å². The van der Waals surface area contributed by atoms with Gasteiger partial charge in [-0.05, 0) is 56.6 Å². The van der Waals surface area contributed by atoms with E-state index in [2.05, 4.69) is 49.2 Å². The third kappa shape index (κ3) is 3.86. The Morgan fingerprint density at radius 1 is 1.24 bits per heavy atom. The molecule has 1 aromatic rings. The highest BCUT2D eigenvalue weighted by Crippen LogP contribution is 2.25. The average Bonchev–Trinajstić information content (AvgIpc) is 3.13. The second-order valence-electron chi connectivity index (χ2n) is 6.38. The molecule has 1 unspecified atom stereocenters. The highest BCUT2D eigenvalue weighted by molar-refractivity contribution is 9.10. The molecule has 2 aliphatic rings. The Bertz CT molecular complexity index is 471. The van der Waals surface area contributed by atoms with Gasteiger partial charge in [-0.2, -0.15) is 0 Å². The average molecular weight is 352 g/mol. The van der Waals surface area contributed by atoms with Crippen LogP contribution in [0.25, 0.3) is 0 Å². The van der Waals surface area contributed by atoms with Gasteiger partial charge in [0.25, 0.3) is 0 Å². The summed E-state index contributed by atoms with van der Waals surface area (Å²) in [6, 6.07) is 7.57. The fourth-order valence-corrected chi connectivity index (χ4v) is 4.19. The summed E-state index contributed by atoms with van der Waals surface area (Å²) in [5.74, 6) is 0. The fraction of sp³-hybridized carbons (Fsp3) is 0.647. The van der Waals surface area contributed by atoms with Gasteiger partial charge in [0.2, 0.25) is 0 Å². The second-order valence-corrected chi connectivity index (χ2v) is 7.23. The van der Waals surface area contributed by atoms with E-state index in [1.54, 1.807) is 0 Å². The maximum atomic E-state index is 3.74. The molecule has 2 heterocycles. The molecular formula is C17H26BrN3. The minimum Gasteiger partial charge on any atom is -0.316 e. The number of benzene rings is 1. The van der Waals surface area contributed by atoms with Crippen LogP contribution in [0.1, 0.15) is 30.4 Å². The lowest BCUT2D eigenvalue weighted by Crippen LogP contribution is -2.35. The Balaban J connectivity index is 1.57. The van der Waals surface area contributed by atoms with E-state index < -0.39 is 0 Å². The zero-order valence-electron chi connectivity index (χ0n) is 12.9. The molecule has 2 saturated heterocycles. The van der Waals surface area contributed by atoms with Gasteiger partial charge in [0.1, 0.15) is 0 Å². The molecule has 0 aliphatic carbocycles. The van der Waals surface area contributed by atoms with Gasteiger partial charge in [-0.15, -0.1) is 0 Å². The van der Waals surface area contributed by atoms with Crippen molar-refractivity contribution in [3.8, 4) is 0 Å². The topological polar surface area (TPSA) is 18.5 Å². The SMILES string of the molecule is CNCc1ccc(CN2CCC(N3CCCC3)C2)c(Br)c1. The normalized spacial score (nSPS) is 24.0. The Labute approximate surface area is 136 Å². The van der Waals surface area contributed by atoms with Gasteiger partial charge in [-0.3, -0.25) is 9.80 Å². The van der Waals surface area contributed by atoms with Crippen molar-refractivity contribution in [1.82, 2.24) is 15.1 Å². The molecule has 116 valence electrons. The molecule has 0 spiro atoms. The summed E-state index contributed by atoms with van der Waals surface area (Å²) in [5.41, 5.74) is 2.75. The lowest BCUT2D eigenvalue weighted by atomic mass is 10.1. The molecule has 3 rings (SSSR count). The van der Waals surface area contributed by atoms with Crippen LogP contribution in [-0.2, 0) is 13.1 Å². The summed E-state index contributed by atoms with van der Waals surface area (Å²) < 4.78 is 1.25. The molecule has 0 amide bonds. The molecule has 3 nitrogen and oxygen atoms in total. The third-order valence-corrected chi connectivity index (χ3v) is 5.54. The molecule has 1 atom stereocenters. The van der Waals surface area contributed by atoms with Crippen LogP contribution in [-0.4, -0.2) is 49.1 Å². The number of likely N-dealkylation sites (tertiary alicyclic amines) is 2. The minimum atomic E-state index is 0.801. The van der Waals surface area contributed by atoms with E-state index in [1.165, 1.54) is 61.0 Å². The van der Waals surface area contributed by atoms with Crippen molar-refractivity contribution in [2.45, 2.75) is 38.4 Å². The van der Waals surface area contributed by atoms with Crippen LogP contribution in [0.2, 0.25) is 0 Å². The molecule has 0 saturated carbocycles. The van der Waals surface area contributed by atoms with Crippen molar-refractivity contribution in [1.29, 1.82) is 0 Å². The highest BCUT2D eigenvalue weighted by Gasteiger charge is 2.29. The van der Waals surface area contributed by atoms with E-state index in [-0.39, 0.29) is 0 Å². The molecule has 21 heavy (non-hydrogen) atoms. The van der Waals surface area contributed by atoms with Crippen LogP contribution in [0, 0.1) is 0 Å². The first-order valence-electron chi connectivity index (χ1n) is 8.14. The molecule has 4 heteroatoms. The molecule has 2 aliphatic heterocycles. The largest absolute Gasteiger partial charge is 0.316 e. The predicted octanol–water partition coefficient (Wildman–Crippen LogP) is 2.84. The quantitative estimate of drug-likeness (QED) is 0.879. The second kappa shape index (κ2) is 7.23. The van der Waals surface area contributed by atoms with E-state index in [4.69, 9.17) is 0 Å². The standard InChI is InChI=1S/C17H26BrN3/c1-19-11-14-4-5-15(17(18)10-14)12-20-9-6-16(13-20)21-7-2-3-8-21/h4-5,10,16,19H,2-3,6-9,11-13H2,1H3. The third-order valence-electron chi connectivity index (χ3n) is 4.80. The van der Waals surface area contributed by atoms with Crippen molar-refractivity contribution >= 4 is 15.9 Å². The van der Waals surface area contributed by atoms with Crippen LogP contribution in [0.3, 0.4) is 0 Å². The van der Waals surface area contributed by atoms with Gasteiger partial charge >= 0.3 is 0 Å². The van der Waals surface area contributed by atoms with Gasteiger partial charge in [0.05, 0.1) is 0 Å². The van der Waals surface area contributed by atoms with Gasteiger partial charge < -0.3 is 5.32 Å². The van der Waals surface area contributed by atoms with Crippen LogP contribution in [0.5, 0.6) is 0 Å². The zero-order valence-corrected chi connectivity index (χ0v) is 14.5. The maximum Gasteiger partial charge on any atom is 0.0245 e. The Morgan fingerprint density at radius 2 is 2.05 bits per heavy atom. The highest BCUT2D eigenvalue weighted by atomic mass is 79.9. The van der Waals surface area contributed by atoms with E-state index in [9.17, 15) is 0 Å². The number of halogens is 1. The van der Waals surface area contributed by atoms with E-state index >= 15 is 0 Å². The first kappa shape index (κ1) is 15.5. The van der Waals surface area contributed by atoms with Crippen molar-refractivity contribution < 1.29 is 0 Å². The van der Waals surface area contributed by atoms with Crippen molar-refractivity contribution in [3.05, 3.63) is 33.8 Å². The van der Waals surface area contributed by atoms with Gasteiger partial charge in [-0.25, -0.2) is 0 Å². The molecule has 0 aromatic heterocycles. The molecule has 2 fully saturated rings. The molecule has 1 aromatic carbocycles. The van der Waals surface area contributed by atoms with Gasteiger partial charge in [-0.1, -0.05) is 28.1 Å². The summed E-state index contributed by atoms with van der Waals surface area (Å²) in [7, 11) is 1.99. The number of hydrogen-bond donors (Lipinski definition) is 1. The summed E-state index contributed by atoms with van der Waals surface area (Å²) in [6.45, 7) is 7.13. The molecule has 0 radical (unpaired) electrons. The first-order chi connectivity index (χ1) is 10.3. The van der Waals surface area contributed by atoms with Crippen molar-refractivity contribution in [2.24, 2.45) is 0 Å². The molecule has 0 bridgehead atoms. The maximum absolute atomic E-state index is 3.74. The first-order valence-corrected chi connectivity index (χ1v) is 8.94. The minimum absolute atomic E-state index is 0.801. The van der Waals surface area contributed by atoms with Crippen molar-refractivity contribution in [3.63, 3.8) is 0 Å². The van der Waals surface area contributed by atoms with E-state index in [0.717, 1.165) is 19.1 Å². The zero-order chi connectivity index (χ0) is 14.7. The Hall–Kier alpha value is -0.420. The monoisotopic (exact) mass is 351 g/mol. The number of hydrogen-bond acceptors (Lipinski definition) is 3. The van der Waals surface area contributed by atoms with E-state index in [1.807, 2.05) is 7.05 Å². The summed E-state index contributed by atoms with van der Waals surface area (Å²) >= 11 is 3.74. The number of nitrogens with one attached hydrogen (secondary N) is 1. The summed E-state index contributed by atoms with van der Waals surface area (Å²) in [5, 5.41) is 3.20. The lowest BCUT2D eigenvalue weighted by molar-refractivity contribution is 0.230. The van der Waals surface area contributed by atoms with E-state index in [0.29, 0.717) is 0 Å². The smallest absolute Gasteiger partial charge is 0.0245 e. The van der Waals surface area contributed by atoms with Crippen LogP contribution in [0.15, 0.2) is 22.7 Å². The summed E-state index contributed by atoms with van der Waals surface area (Å²) in [4.78, 5) is 5.31. The molecular weight excluding hydrogens is 326 g/mol. The van der Waals surface area contributed by atoms with Gasteiger partial charge in [0, 0.05) is 36.7 Å². The predicted molar refractivity (Wildman–Crippen MR) is 91.4 cm³/mol.